The topological polar surface area (TPSA) is 49.0 Å². The van der Waals surface area contributed by atoms with Crippen LogP contribution in [0.15, 0.2) is 0 Å². The minimum Gasteiger partial charge on any atom is -0.381 e. The van der Waals surface area contributed by atoms with Crippen LogP contribution in [0.3, 0.4) is 0 Å². The predicted molar refractivity (Wildman–Crippen MR) is 87.3 cm³/mol. The molecule has 3 saturated heterocycles. The molecular formula is C15H31NO4S. The highest BCUT2D eigenvalue weighted by atomic mass is 32.2. The second-order valence-electron chi connectivity index (χ2n) is 4.87. The minimum absolute atomic E-state index is 0.778. The first-order chi connectivity index (χ1) is 10.5. The number of ether oxygens (including phenoxy) is 4. The predicted octanol–water partition coefficient (Wildman–Crippen LogP) is 1.56. The van der Waals surface area contributed by atoms with E-state index in [0.29, 0.717) is 0 Å². The van der Waals surface area contributed by atoms with Crippen LogP contribution >= 0.6 is 11.8 Å². The fraction of sp³-hybridized carbons (Fsp3) is 1.00. The highest BCUT2D eigenvalue weighted by Gasteiger charge is 1.96. The van der Waals surface area contributed by atoms with Gasteiger partial charge < -0.3 is 24.3 Å². The molecule has 3 aliphatic heterocycles. The normalized spacial score (nSPS) is 24.0. The van der Waals surface area contributed by atoms with Gasteiger partial charge in [0.1, 0.15) is 0 Å². The van der Waals surface area contributed by atoms with Crippen LogP contribution in [-0.4, -0.2) is 77.5 Å². The van der Waals surface area contributed by atoms with Crippen molar-refractivity contribution < 1.29 is 18.9 Å². The van der Waals surface area contributed by atoms with Crippen molar-refractivity contribution >= 4 is 11.8 Å². The number of rotatable bonds is 0. The molecule has 0 aromatic rings. The molecule has 0 unspecified atom stereocenters. The molecule has 0 aromatic carbocycles. The Hall–Kier alpha value is 0.150. The molecule has 0 radical (unpaired) electrons. The molecule has 3 fully saturated rings. The van der Waals surface area contributed by atoms with Crippen molar-refractivity contribution in [2.45, 2.75) is 19.3 Å². The molecule has 0 spiro atoms. The van der Waals surface area contributed by atoms with Gasteiger partial charge in [-0.25, -0.2) is 0 Å². The highest BCUT2D eigenvalue weighted by Crippen LogP contribution is 2.05. The summed E-state index contributed by atoms with van der Waals surface area (Å²) in [5.74, 6) is 2.49. The van der Waals surface area contributed by atoms with E-state index < -0.39 is 0 Å². The van der Waals surface area contributed by atoms with E-state index in [4.69, 9.17) is 18.9 Å². The maximum absolute atomic E-state index is 5.17. The van der Waals surface area contributed by atoms with Crippen LogP contribution in [0.2, 0.25) is 0 Å². The lowest BCUT2D eigenvalue weighted by molar-refractivity contribution is 0.103. The zero-order valence-corrected chi connectivity index (χ0v) is 14.0. The van der Waals surface area contributed by atoms with Crippen molar-refractivity contribution in [2.75, 3.05) is 77.5 Å². The summed E-state index contributed by atoms with van der Waals surface area (Å²) in [5, 5.41) is 3.22. The smallest absolute Gasteiger partial charge is 0.0700 e. The van der Waals surface area contributed by atoms with Crippen LogP contribution in [0.5, 0.6) is 0 Å². The van der Waals surface area contributed by atoms with Crippen molar-refractivity contribution in [1.82, 2.24) is 5.32 Å². The van der Waals surface area contributed by atoms with Crippen LogP contribution in [0.25, 0.3) is 0 Å². The molecule has 126 valence electrons. The lowest BCUT2D eigenvalue weighted by atomic mass is 10.5. The van der Waals surface area contributed by atoms with Crippen LogP contribution < -0.4 is 5.32 Å². The van der Waals surface area contributed by atoms with Gasteiger partial charge in [0.2, 0.25) is 0 Å². The molecule has 21 heavy (non-hydrogen) atoms. The second-order valence-corrected chi connectivity index (χ2v) is 6.10. The van der Waals surface area contributed by atoms with E-state index in [-0.39, 0.29) is 0 Å². The maximum Gasteiger partial charge on any atom is 0.0700 e. The molecule has 0 aromatic heterocycles. The molecule has 3 rings (SSSR count). The lowest BCUT2D eigenvalue weighted by Crippen LogP contribution is -2.15. The fourth-order valence-electron chi connectivity index (χ4n) is 1.84. The first kappa shape index (κ1) is 19.2. The standard InChI is InChI=1S/C5H11NO.C5H10O2.C5H10OS/c1-2-6-3-5-7-4-1;1-2-6-4-5-7-3-1;1-2-6-3-5-7-4-1/h6H,1-5H2;2*1-5H2. The van der Waals surface area contributed by atoms with Gasteiger partial charge in [-0.15, -0.1) is 0 Å². The Labute approximate surface area is 133 Å². The molecule has 0 bridgehead atoms. The van der Waals surface area contributed by atoms with Gasteiger partial charge >= 0.3 is 0 Å². The van der Waals surface area contributed by atoms with Gasteiger partial charge in [-0.1, -0.05) is 0 Å². The Morgan fingerprint density at radius 2 is 1.19 bits per heavy atom. The SMILES string of the molecule is C1CNCCOC1.C1COCCOC1.C1COCCSC1. The largest absolute Gasteiger partial charge is 0.381 e. The summed E-state index contributed by atoms with van der Waals surface area (Å²) in [6, 6.07) is 0. The van der Waals surface area contributed by atoms with Gasteiger partial charge in [0, 0.05) is 38.7 Å². The van der Waals surface area contributed by atoms with Crippen molar-refractivity contribution in [1.29, 1.82) is 0 Å². The lowest BCUT2D eigenvalue weighted by Gasteiger charge is -1.91. The van der Waals surface area contributed by atoms with Crippen LogP contribution in [0.1, 0.15) is 19.3 Å². The number of hydrogen-bond donors (Lipinski definition) is 1. The van der Waals surface area contributed by atoms with E-state index in [9.17, 15) is 0 Å². The molecule has 0 aliphatic carbocycles. The Morgan fingerprint density at radius 1 is 0.524 bits per heavy atom. The zero-order valence-electron chi connectivity index (χ0n) is 13.1. The molecule has 1 N–H and O–H groups in total. The fourth-order valence-corrected chi connectivity index (χ4v) is 2.60. The molecule has 3 aliphatic rings. The van der Waals surface area contributed by atoms with Gasteiger partial charge in [-0.3, -0.25) is 0 Å². The van der Waals surface area contributed by atoms with E-state index in [1.54, 1.807) is 0 Å². The Morgan fingerprint density at radius 3 is 2.05 bits per heavy atom. The first-order valence-corrected chi connectivity index (χ1v) is 9.25. The van der Waals surface area contributed by atoms with Crippen molar-refractivity contribution in [3.63, 3.8) is 0 Å². The van der Waals surface area contributed by atoms with Gasteiger partial charge in [0.25, 0.3) is 0 Å². The summed E-state index contributed by atoms with van der Waals surface area (Å²) in [6.07, 6.45) is 3.46. The average Bonchev–Trinajstić information content (AvgIpc) is 3.09. The first-order valence-electron chi connectivity index (χ1n) is 8.09. The Balaban J connectivity index is 0.000000157. The Bertz CT molecular complexity index is 118. The highest BCUT2D eigenvalue weighted by molar-refractivity contribution is 7.99. The van der Waals surface area contributed by atoms with Crippen LogP contribution in [-0.2, 0) is 18.9 Å². The zero-order chi connectivity index (χ0) is 14.8. The molecular weight excluding hydrogens is 290 g/mol. The van der Waals surface area contributed by atoms with Gasteiger partial charge in [0.15, 0.2) is 0 Å². The quantitative estimate of drug-likeness (QED) is 0.731. The summed E-state index contributed by atoms with van der Waals surface area (Å²) in [4.78, 5) is 0. The second kappa shape index (κ2) is 16.5. The van der Waals surface area contributed by atoms with Gasteiger partial charge in [-0.05, 0) is 31.6 Å². The monoisotopic (exact) mass is 321 g/mol. The third-order valence-electron chi connectivity index (χ3n) is 2.96. The van der Waals surface area contributed by atoms with Crippen LogP contribution in [0, 0.1) is 0 Å². The average molecular weight is 321 g/mol. The van der Waals surface area contributed by atoms with E-state index in [2.05, 4.69) is 5.32 Å². The third-order valence-corrected chi connectivity index (χ3v) is 4.00. The van der Waals surface area contributed by atoms with E-state index in [0.717, 1.165) is 72.4 Å². The molecule has 0 atom stereocenters. The van der Waals surface area contributed by atoms with Crippen LogP contribution in [0.4, 0.5) is 0 Å². The van der Waals surface area contributed by atoms with Crippen molar-refractivity contribution in [3.05, 3.63) is 0 Å². The molecule has 6 heteroatoms. The molecule has 0 amide bonds. The summed E-state index contributed by atoms with van der Waals surface area (Å²) in [7, 11) is 0. The summed E-state index contributed by atoms with van der Waals surface area (Å²) in [5.41, 5.74) is 0. The molecule has 0 saturated carbocycles. The third kappa shape index (κ3) is 14.8. The molecule has 3 heterocycles. The van der Waals surface area contributed by atoms with Gasteiger partial charge in [0.05, 0.1) is 26.4 Å². The summed E-state index contributed by atoms with van der Waals surface area (Å²) in [6.45, 7) is 9.23. The van der Waals surface area contributed by atoms with Crippen molar-refractivity contribution in [2.24, 2.45) is 0 Å². The van der Waals surface area contributed by atoms with E-state index >= 15 is 0 Å². The number of thioether (sulfide) groups is 1. The maximum atomic E-state index is 5.17. The van der Waals surface area contributed by atoms with E-state index in [1.165, 1.54) is 24.3 Å². The van der Waals surface area contributed by atoms with Crippen molar-refractivity contribution in [3.8, 4) is 0 Å². The summed E-state index contributed by atoms with van der Waals surface area (Å²) >= 11 is 1.99. The van der Waals surface area contributed by atoms with E-state index in [1.807, 2.05) is 11.8 Å². The van der Waals surface area contributed by atoms with Gasteiger partial charge in [-0.2, -0.15) is 11.8 Å². The minimum atomic E-state index is 0.778. The Kier molecular flexibility index (Phi) is 15.1. The number of hydrogen-bond acceptors (Lipinski definition) is 6. The number of nitrogens with one attached hydrogen (secondary N) is 1. The summed E-state index contributed by atoms with van der Waals surface area (Å²) < 4.78 is 20.4. The molecule has 5 nitrogen and oxygen atoms in total.